The lowest BCUT2D eigenvalue weighted by molar-refractivity contribution is -0.387. The van der Waals surface area contributed by atoms with Gasteiger partial charge in [-0.05, 0) is 23.8 Å². The van der Waals surface area contributed by atoms with Crippen LogP contribution in [0.5, 0.6) is 0 Å². The summed E-state index contributed by atoms with van der Waals surface area (Å²) >= 11 is 0. The summed E-state index contributed by atoms with van der Waals surface area (Å²) in [4.78, 5) is 25.0. The number of hydrogen-bond donors (Lipinski definition) is 1. The number of benzene rings is 1. The molecule has 108 valence electrons. The van der Waals surface area contributed by atoms with Crippen LogP contribution in [0.15, 0.2) is 36.7 Å². The van der Waals surface area contributed by atoms with E-state index in [1.165, 1.54) is 12.4 Å². The summed E-state index contributed by atoms with van der Waals surface area (Å²) in [7, 11) is 0. The Morgan fingerprint density at radius 2 is 1.90 bits per heavy atom. The highest BCUT2D eigenvalue weighted by atomic mass is 19.1. The van der Waals surface area contributed by atoms with Crippen molar-refractivity contribution in [2.45, 2.75) is 6.54 Å². The van der Waals surface area contributed by atoms with Crippen molar-refractivity contribution in [3.05, 3.63) is 69.5 Å². The maximum absolute atomic E-state index is 13.6. The zero-order valence-corrected chi connectivity index (χ0v) is 10.5. The zero-order valence-electron chi connectivity index (χ0n) is 10.5. The third kappa shape index (κ3) is 3.35. The van der Waals surface area contributed by atoms with E-state index in [-0.39, 0.29) is 6.54 Å². The van der Waals surface area contributed by atoms with Crippen LogP contribution in [0.2, 0.25) is 0 Å². The normalized spacial score (nSPS) is 10.2. The highest BCUT2D eigenvalue weighted by molar-refractivity contribution is 5.94. The van der Waals surface area contributed by atoms with Gasteiger partial charge < -0.3 is 5.32 Å². The second kappa shape index (κ2) is 6.04. The van der Waals surface area contributed by atoms with Gasteiger partial charge in [0.25, 0.3) is 5.91 Å². The second-order valence-electron chi connectivity index (χ2n) is 4.08. The van der Waals surface area contributed by atoms with Crippen LogP contribution in [0.25, 0.3) is 0 Å². The fraction of sp³-hybridized carbons (Fsp3) is 0.0769. The number of aromatic nitrogens is 1. The third-order valence-corrected chi connectivity index (χ3v) is 2.68. The quantitative estimate of drug-likeness (QED) is 0.691. The number of nitrogens with zero attached hydrogens (tertiary/aromatic N) is 2. The number of hydrogen-bond acceptors (Lipinski definition) is 4. The van der Waals surface area contributed by atoms with Gasteiger partial charge in [-0.3, -0.25) is 19.9 Å². The van der Waals surface area contributed by atoms with Crippen LogP contribution in [0.3, 0.4) is 0 Å². The topological polar surface area (TPSA) is 85.1 Å². The Hall–Kier alpha value is -2.90. The highest BCUT2D eigenvalue weighted by Gasteiger charge is 2.21. The van der Waals surface area contributed by atoms with E-state index >= 15 is 0 Å². The van der Waals surface area contributed by atoms with Crippen molar-refractivity contribution >= 4 is 11.6 Å². The van der Waals surface area contributed by atoms with Crippen LogP contribution >= 0.6 is 0 Å². The Bertz CT molecular complexity index is 693. The van der Waals surface area contributed by atoms with Crippen LogP contribution in [0, 0.1) is 21.7 Å². The fourth-order valence-corrected chi connectivity index (χ4v) is 1.63. The SMILES string of the molecule is O=C(NCc1ccncc1)c1cc(F)c([N+](=O)[O-])cc1F. The van der Waals surface area contributed by atoms with Crippen LogP contribution in [-0.4, -0.2) is 15.8 Å². The van der Waals surface area contributed by atoms with Crippen molar-refractivity contribution in [1.29, 1.82) is 0 Å². The van der Waals surface area contributed by atoms with Crippen molar-refractivity contribution in [2.24, 2.45) is 0 Å². The van der Waals surface area contributed by atoms with Crippen LogP contribution in [0.1, 0.15) is 15.9 Å². The average molecular weight is 293 g/mol. The molecule has 1 amide bonds. The minimum Gasteiger partial charge on any atom is -0.348 e. The molecule has 2 rings (SSSR count). The molecular weight excluding hydrogens is 284 g/mol. The van der Waals surface area contributed by atoms with E-state index in [4.69, 9.17) is 0 Å². The number of carbonyl (C=O) groups is 1. The number of pyridine rings is 1. The monoisotopic (exact) mass is 293 g/mol. The van der Waals surface area contributed by atoms with Crippen LogP contribution in [0.4, 0.5) is 14.5 Å². The molecule has 0 aliphatic heterocycles. The fourth-order valence-electron chi connectivity index (χ4n) is 1.63. The predicted molar refractivity (Wildman–Crippen MR) is 68.4 cm³/mol. The minimum atomic E-state index is -1.27. The molecular formula is C13H9F2N3O3. The van der Waals surface area contributed by atoms with E-state index in [0.29, 0.717) is 12.1 Å². The molecule has 0 bridgehead atoms. The molecule has 0 fully saturated rings. The molecule has 0 aliphatic rings. The maximum atomic E-state index is 13.6. The smallest absolute Gasteiger partial charge is 0.307 e. The molecule has 0 radical (unpaired) electrons. The summed E-state index contributed by atoms with van der Waals surface area (Å²) in [5.74, 6) is -3.29. The molecule has 0 saturated carbocycles. The van der Waals surface area contributed by atoms with Crippen molar-refractivity contribution in [3.63, 3.8) is 0 Å². The van der Waals surface area contributed by atoms with Gasteiger partial charge in [-0.1, -0.05) is 0 Å². The van der Waals surface area contributed by atoms with Crippen molar-refractivity contribution in [3.8, 4) is 0 Å². The largest absolute Gasteiger partial charge is 0.348 e. The molecule has 0 spiro atoms. The number of nitro benzene ring substituents is 1. The van der Waals surface area contributed by atoms with Crippen molar-refractivity contribution in [2.75, 3.05) is 0 Å². The van der Waals surface area contributed by atoms with Gasteiger partial charge in [-0.25, -0.2) is 4.39 Å². The number of nitrogens with one attached hydrogen (secondary N) is 1. The van der Waals surface area contributed by atoms with Crippen molar-refractivity contribution in [1.82, 2.24) is 10.3 Å². The molecule has 0 aliphatic carbocycles. The summed E-state index contributed by atoms with van der Waals surface area (Å²) in [6.07, 6.45) is 3.04. The highest BCUT2D eigenvalue weighted by Crippen LogP contribution is 2.21. The minimum absolute atomic E-state index is 0.0966. The summed E-state index contributed by atoms with van der Waals surface area (Å²) < 4.78 is 27.0. The lowest BCUT2D eigenvalue weighted by Crippen LogP contribution is -2.24. The summed E-state index contributed by atoms with van der Waals surface area (Å²) in [6.45, 7) is 0.0966. The number of nitro groups is 1. The average Bonchev–Trinajstić information content (AvgIpc) is 2.47. The third-order valence-electron chi connectivity index (χ3n) is 2.68. The first-order valence-electron chi connectivity index (χ1n) is 5.79. The van der Waals surface area contributed by atoms with Gasteiger partial charge in [-0.2, -0.15) is 4.39 Å². The Morgan fingerprint density at radius 1 is 1.24 bits per heavy atom. The number of halogens is 2. The predicted octanol–water partition coefficient (Wildman–Crippen LogP) is 2.20. The molecule has 1 aromatic heterocycles. The first-order valence-corrected chi connectivity index (χ1v) is 5.79. The van der Waals surface area contributed by atoms with E-state index in [0.717, 1.165) is 5.56 Å². The van der Waals surface area contributed by atoms with E-state index in [2.05, 4.69) is 10.3 Å². The van der Waals surface area contributed by atoms with Gasteiger partial charge in [-0.15, -0.1) is 0 Å². The molecule has 0 saturated heterocycles. The van der Waals surface area contributed by atoms with Crippen LogP contribution in [-0.2, 0) is 6.54 Å². The first kappa shape index (κ1) is 14.5. The van der Waals surface area contributed by atoms with Gasteiger partial charge in [0.1, 0.15) is 5.82 Å². The van der Waals surface area contributed by atoms with E-state index in [9.17, 15) is 23.7 Å². The van der Waals surface area contributed by atoms with E-state index in [1.54, 1.807) is 12.1 Å². The summed E-state index contributed by atoms with van der Waals surface area (Å²) in [5, 5.41) is 12.8. The lowest BCUT2D eigenvalue weighted by atomic mass is 10.1. The van der Waals surface area contributed by atoms with E-state index < -0.39 is 33.7 Å². The van der Waals surface area contributed by atoms with Gasteiger partial charge in [0, 0.05) is 18.9 Å². The van der Waals surface area contributed by atoms with Gasteiger partial charge >= 0.3 is 5.69 Å². The van der Waals surface area contributed by atoms with Crippen molar-refractivity contribution < 1.29 is 18.5 Å². The molecule has 2 aromatic rings. The molecule has 21 heavy (non-hydrogen) atoms. The molecule has 0 unspecified atom stereocenters. The van der Waals surface area contributed by atoms with Gasteiger partial charge in [0.05, 0.1) is 16.6 Å². The number of amides is 1. The molecule has 1 N–H and O–H groups in total. The number of carbonyl (C=O) groups excluding carboxylic acids is 1. The summed E-state index contributed by atoms with van der Waals surface area (Å²) in [6, 6.07) is 4.19. The Kier molecular flexibility index (Phi) is 4.17. The maximum Gasteiger partial charge on any atom is 0.307 e. The standard InChI is InChI=1S/C13H9F2N3O3/c14-10-6-12(18(20)21)11(15)5-9(10)13(19)17-7-8-1-3-16-4-2-8/h1-6H,7H2,(H,17,19). The Labute approximate surface area is 117 Å². The molecule has 1 aromatic carbocycles. The van der Waals surface area contributed by atoms with Gasteiger partial charge in [0.2, 0.25) is 5.82 Å². The molecule has 8 heteroatoms. The second-order valence-corrected chi connectivity index (χ2v) is 4.08. The first-order chi connectivity index (χ1) is 9.99. The summed E-state index contributed by atoms with van der Waals surface area (Å²) in [5.41, 5.74) is -0.883. The Morgan fingerprint density at radius 3 is 2.52 bits per heavy atom. The number of rotatable bonds is 4. The van der Waals surface area contributed by atoms with Gasteiger partial charge in [0.15, 0.2) is 0 Å². The molecule has 6 nitrogen and oxygen atoms in total. The molecule has 0 atom stereocenters. The zero-order chi connectivity index (χ0) is 15.4. The Balaban J connectivity index is 2.16. The van der Waals surface area contributed by atoms with E-state index in [1.807, 2.05) is 0 Å². The lowest BCUT2D eigenvalue weighted by Gasteiger charge is -2.06. The van der Waals surface area contributed by atoms with Crippen LogP contribution < -0.4 is 5.32 Å². The molecule has 1 heterocycles.